The summed E-state index contributed by atoms with van der Waals surface area (Å²) >= 11 is 0. The lowest BCUT2D eigenvalue weighted by Gasteiger charge is -2.39. The molecule has 0 aliphatic carbocycles. The van der Waals surface area contributed by atoms with Crippen molar-refractivity contribution in [3.63, 3.8) is 0 Å². The summed E-state index contributed by atoms with van der Waals surface area (Å²) in [4.78, 5) is 26.3. The third-order valence-corrected chi connectivity index (χ3v) is 6.64. The standard InChI is InChI=1S/C23H30N6O2/c1-23(2,28-12-8-17(15-28)31-3)21(29-16-26-19-14-25-9-7-20(19)29)18(13-24)22(30)27-10-5-4-6-11-27/h7,9,14,16-17H,4-6,8,10-12,15H2,1-3H3/t17-/m0/s1. The predicted octanol–water partition coefficient (Wildman–Crippen LogP) is 2.68. The molecule has 8 heteroatoms. The van der Waals surface area contributed by atoms with Gasteiger partial charge >= 0.3 is 0 Å². The van der Waals surface area contributed by atoms with Gasteiger partial charge < -0.3 is 9.64 Å². The van der Waals surface area contributed by atoms with E-state index in [2.05, 4.69) is 34.8 Å². The third-order valence-electron chi connectivity index (χ3n) is 6.64. The van der Waals surface area contributed by atoms with E-state index in [0.717, 1.165) is 49.8 Å². The zero-order valence-electron chi connectivity index (χ0n) is 18.5. The van der Waals surface area contributed by atoms with Crippen LogP contribution in [0.15, 0.2) is 30.4 Å². The van der Waals surface area contributed by atoms with Crippen LogP contribution in [0.25, 0.3) is 16.7 Å². The van der Waals surface area contributed by atoms with Gasteiger partial charge in [-0.3, -0.25) is 19.2 Å². The molecule has 0 N–H and O–H groups in total. The van der Waals surface area contributed by atoms with E-state index in [9.17, 15) is 10.1 Å². The van der Waals surface area contributed by atoms with Crippen molar-refractivity contribution in [3.05, 3.63) is 30.4 Å². The number of imidazole rings is 1. The summed E-state index contributed by atoms with van der Waals surface area (Å²) in [5.41, 5.74) is 1.83. The Hall–Kier alpha value is -2.76. The minimum atomic E-state index is -0.583. The van der Waals surface area contributed by atoms with Crippen molar-refractivity contribution in [2.45, 2.75) is 51.2 Å². The van der Waals surface area contributed by atoms with Gasteiger partial charge in [0, 0.05) is 39.5 Å². The van der Waals surface area contributed by atoms with E-state index < -0.39 is 5.54 Å². The van der Waals surface area contributed by atoms with E-state index in [1.54, 1.807) is 25.8 Å². The number of ether oxygens (including phenoxy) is 1. The molecule has 4 heterocycles. The van der Waals surface area contributed by atoms with Crippen LogP contribution in [0.1, 0.15) is 39.5 Å². The quantitative estimate of drug-likeness (QED) is 0.544. The number of carbonyl (C=O) groups is 1. The molecule has 4 rings (SSSR count). The number of aromatic nitrogens is 3. The summed E-state index contributed by atoms with van der Waals surface area (Å²) in [6, 6.07) is 4.15. The zero-order valence-corrected chi connectivity index (χ0v) is 18.5. The minimum absolute atomic E-state index is 0.146. The molecule has 2 aromatic heterocycles. The van der Waals surface area contributed by atoms with Gasteiger partial charge in [0.05, 0.1) is 29.1 Å². The normalized spacial score (nSPS) is 21.2. The minimum Gasteiger partial charge on any atom is -0.380 e. The Kier molecular flexibility index (Phi) is 6.08. The van der Waals surface area contributed by atoms with Gasteiger partial charge in [-0.1, -0.05) is 0 Å². The predicted molar refractivity (Wildman–Crippen MR) is 118 cm³/mol. The van der Waals surface area contributed by atoms with Gasteiger partial charge in [-0.2, -0.15) is 5.26 Å². The number of piperidine rings is 1. The van der Waals surface area contributed by atoms with Crippen LogP contribution in [0, 0.1) is 11.3 Å². The van der Waals surface area contributed by atoms with E-state index in [4.69, 9.17) is 4.74 Å². The van der Waals surface area contributed by atoms with Gasteiger partial charge in [0.2, 0.25) is 0 Å². The van der Waals surface area contributed by atoms with E-state index in [1.165, 1.54) is 0 Å². The molecule has 0 saturated carbocycles. The number of likely N-dealkylation sites (tertiary alicyclic amines) is 2. The molecule has 164 valence electrons. The first-order valence-electron chi connectivity index (χ1n) is 11.0. The fraction of sp³-hybridized carbons (Fsp3) is 0.565. The Morgan fingerprint density at radius 2 is 2.03 bits per heavy atom. The number of carbonyl (C=O) groups excluding carboxylic acids is 1. The van der Waals surface area contributed by atoms with Crippen molar-refractivity contribution < 1.29 is 9.53 Å². The molecule has 1 atom stereocenters. The lowest BCUT2D eigenvalue weighted by atomic mass is 9.92. The molecule has 0 bridgehead atoms. The molecule has 1 amide bonds. The monoisotopic (exact) mass is 422 g/mol. The van der Waals surface area contributed by atoms with Crippen molar-refractivity contribution in [1.29, 1.82) is 5.26 Å². The lowest BCUT2D eigenvalue weighted by Crippen LogP contribution is -2.47. The van der Waals surface area contributed by atoms with Crippen LogP contribution in [0.5, 0.6) is 0 Å². The molecule has 31 heavy (non-hydrogen) atoms. The summed E-state index contributed by atoms with van der Waals surface area (Å²) in [6.45, 7) is 7.13. The second-order valence-electron chi connectivity index (χ2n) is 8.82. The van der Waals surface area contributed by atoms with Crippen molar-refractivity contribution in [1.82, 2.24) is 24.3 Å². The Morgan fingerprint density at radius 1 is 1.26 bits per heavy atom. The van der Waals surface area contributed by atoms with Crippen LogP contribution in [-0.2, 0) is 9.53 Å². The Morgan fingerprint density at radius 3 is 2.71 bits per heavy atom. The van der Waals surface area contributed by atoms with Gasteiger partial charge in [-0.05, 0) is 45.6 Å². The van der Waals surface area contributed by atoms with E-state index in [0.29, 0.717) is 18.8 Å². The van der Waals surface area contributed by atoms with Crippen LogP contribution in [0.2, 0.25) is 0 Å². The van der Waals surface area contributed by atoms with Crippen LogP contribution < -0.4 is 0 Å². The number of nitriles is 1. The highest BCUT2D eigenvalue weighted by atomic mass is 16.5. The Balaban J connectivity index is 1.87. The van der Waals surface area contributed by atoms with Gasteiger partial charge in [0.1, 0.15) is 23.5 Å². The molecule has 0 aromatic carbocycles. The van der Waals surface area contributed by atoms with Gasteiger partial charge in [0.15, 0.2) is 0 Å². The first kappa shape index (κ1) is 21.5. The number of amides is 1. The van der Waals surface area contributed by atoms with Crippen molar-refractivity contribution in [2.24, 2.45) is 0 Å². The van der Waals surface area contributed by atoms with Gasteiger partial charge in [0.25, 0.3) is 5.91 Å². The van der Waals surface area contributed by atoms with Crippen LogP contribution in [-0.4, -0.2) is 75.2 Å². The second-order valence-corrected chi connectivity index (χ2v) is 8.82. The third kappa shape index (κ3) is 3.95. The molecule has 8 nitrogen and oxygen atoms in total. The average Bonchev–Trinajstić information content (AvgIpc) is 3.45. The number of fused-ring (bicyclic) bond motifs is 1. The molecular weight excluding hydrogens is 392 g/mol. The number of hydrogen-bond acceptors (Lipinski definition) is 6. The fourth-order valence-electron chi connectivity index (χ4n) is 4.80. The van der Waals surface area contributed by atoms with Crippen molar-refractivity contribution in [3.8, 4) is 6.07 Å². The maximum Gasteiger partial charge on any atom is 0.266 e. The number of pyridine rings is 1. The smallest absolute Gasteiger partial charge is 0.266 e. The molecule has 2 aromatic rings. The number of hydrogen-bond donors (Lipinski definition) is 0. The first-order chi connectivity index (χ1) is 15.0. The molecule has 2 aliphatic heterocycles. The number of rotatable bonds is 5. The SMILES string of the molecule is CO[C@H]1CCN(C(C)(C)C(=C(C#N)C(=O)N2CCCCC2)n2cnc3cnccc32)C1. The van der Waals surface area contributed by atoms with Crippen molar-refractivity contribution >= 4 is 22.6 Å². The van der Waals surface area contributed by atoms with Crippen LogP contribution >= 0.6 is 0 Å². The molecule has 2 saturated heterocycles. The molecule has 0 radical (unpaired) electrons. The molecular formula is C23H30N6O2. The number of methoxy groups -OCH3 is 1. The van der Waals surface area contributed by atoms with Crippen LogP contribution in [0.3, 0.4) is 0 Å². The topological polar surface area (TPSA) is 87.3 Å². The highest BCUT2D eigenvalue weighted by molar-refractivity contribution is 6.04. The summed E-state index contributed by atoms with van der Waals surface area (Å²) < 4.78 is 7.48. The number of nitrogens with zero attached hydrogens (tertiary/aromatic N) is 6. The molecule has 2 fully saturated rings. The van der Waals surface area contributed by atoms with E-state index >= 15 is 0 Å². The summed E-state index contributed by atoms with van der Waals surface area (Å²) in [5.74, 6) is -0.191. The summed E-state index contributed by atoms with van der Waals surface area (Å²) in [7, 11) is 1.73. The Labute approximate surface area is 183 Å². The molecule has 0 spiro atoms. The maximum atomic E-state index is 13.5. The van der Waals surface area contributed by atoms with Crippen LogP contribution in [0.4, 0.5) is 0 Å². The van der Waals surface area contributed by atoms with E-state index in [-0.39, 0.29) is 17.6 Å². The highest BCUT2D eigenvalue weighted by Gasteiger charge is 2.41. The van der Waals surface area contributed by atoms with Gasteiger partial charge in [-0.15, -0.1) is 0 Å². The lowest BCUT2D eigenvalue weighted by molar-refractivity contribution is -0.127. The van der Waals surface area contributed by atoms with Crippen molar-refractivity contribution in [2.75, 3.05) is 33.3 Å². The molecule has 2 aliphatic rings. The molecule has 0 unspecified atom stereocenters. The fourth-order valence-corrected chi connectivity index (χ4v) is 4.80. The highest BCUT2D eigenvalue weighted by Crippen LogP contribution is 2.36. The Bertz CT molecular complexity index is 1030. The zero-order chi connectivity index (χ0) is 22.0. The first-order valence-corrected chi connectivity index (χ1v) is 11.0. The maximum absolute atomic E-state index is 13.5. The second kappa shape index (κ2) is 8.77. The average molecular weight is 423 g/mol. The van der Waals surface area contributed by atoms with E-state index in [1.807, 2.05) is 15.5 Å². The largest absolute Gasteiger partial charge is 0.380 e. The summed E-state index contributed by atoms with van der Waals surface area (Å²) in [6.07, 6.45) is 9.26. The summed E-state index contributed by atoms with van der Waals surface area (Å²) in [5, 5.41) is 10.2. The van der Waals surface area contributed by atoms with Gasteiger partial charge in [-0.25, -0.2) is 4.98 Å².